The highest BCUT2D eigenvalue weighted by molar-refractivity contribution is 7.81. The van der Waals surface area contributed by atoms with Gasteiger partial charge in [-0.3, -0.25) is 25.2 Å². The lowest BCUT2D eigenvalue weighted by Crippen LogP contribution is -2.50. The Kier molecular flexibility index (Phi) is 7.01. The number of nitro benzene ring substituents is 1. The average molecular weight is 451 g/mol. The molecule has 2 fully saturated rings. The van der Waals surface area contributed by atoms with Gasteiger partial charge in [0.05, 0.1) is 17.0 Å². The maximum Gasteiger partial charge on any atom is 0.417 e. The van der Waals surface area contributed by atoms with E-state index in [1.165, 1.54) is 24.3 Å². The molecular weight excluding hydrogens is 424 g/mol. The van der Waals surface area contributed by atoms with E-state index in [2.05, 4.69) is 12.6 Å². The van der Waals surface area contributed by atoms with Crippen molar-refractivity contribution in [1.29, 1.82) is 5.41 Å². The van der Waals surface area contributed by atoms with E-state index in [-0.39, 0.29) is 36.0 Å². The largest absolute Gasteiger partial charge is 0.444 e. The van der Waals surface area contributed by atoms with Gasteiger partial charge in [-0.25, -0.2) is 9.69 Å². The molecule has 1 aromatic carbocycles. The van der Waals surface area contributed by atoms with Gasteiger partial charge in [-0.2, -0.15) is 12.6 Å². The van der Waals surface area contributed by atoms with Crippen LogP contribution in [0.5, 0.6) is 0 Å². The van der Waals surface area contributed by atoms with Crippen molar-refractivity contribution in [2.45, 2.75) is 36.8 Å². The first kappa shape index (κ1) is 22.8. The normalized spacial score (nSPS) is 23.5. The van der Waals surface area contributed by atoms with Gasteiger partial charge in [-0.1, -0.05) is 0 Å². The van der Waals surface area contributed by atoms with Crippen LogP contribution in [-0.4, -0.2) is 81.6 Å². The standard InChI is InChI=1S/C19H26N6O5S/c1-22-10-15(31)8-16(22)17(26)23-7-6-14(9-23)24(18(20)21)19(27)30-11-12-2-4-13(5-3-12)25(28)29/h2-5,14-16,31H,6-11H2,1H3,(H3,20,21)/t14-,15-,16-/m0/s1. The Morgan fingerprint density at radius 1 is 1.35 bits per heavy atom. The van der Waals surface area contributed by atoms with Gasteiger partial charge in [0.25, 0.3) is 5.69 Å². The monoisotopic (exact) mass is 450 g/mol. The Morgan fingerprint density at radius 2 is 2.03 bits per heavy atom. The van der Waals surface area contributed by atoms with Crippen LogP contribution in [0.1, 0.15) is 18.4 Å². The smallest absolute Gasteiger partial charge is 0.417 e. The van der Waals surface area contributed by atoms with Crippen LogP contribution in [0.3, 0.4) is 0 Å². The number of carbonyl (C=O) groups is 2. The third-order valence-corrected chi connectivity index (χ3v) is 5.99. The number of likely N-dealkylation sites (tertiary alicyclic amines) is 2. The van der Waals surface area contributed by atoms with E-state index in [0.717, 1.165) is 11.4 Å². The molecule has 2 saturated heterocycles. The van der Waals surface area contributed by atoms with Crippen molar-refractivity contribution in [3.8, 4) is 0 Å². The van der Waals surface area contributed by atoms with E-state index in [4.69, 9.17) is 15.9 Å². The van der Waals surface area contributed by atoms with E-state index >= 15 is 0 Å². The molecule has 0 aliphatic carbocycles. The minimum atomic E-state index is -0.793. The first-order valence-electron chi connectivity index (χ1n) is 9.87. The van der Waals surface area contributed by atoms with Crippen LogP contribution in [0.2, 0.25) is 0 Å². The summed E-state index contributed by atoms with van der Waals surface area (Å²) in [5, 5.41) is 18.7. The topological polar surface area (TPSA) is 146 Å². The third-order valence-electron chi connectivity index (χ3n) is 5.62. The number of nitrogens with zero attached hydrogens (tertiary/aromatic N) is 4. The fourth-order valence-corrected chi connectivity index (χ4v) is 4.45. The van der Waals surface area contributed by atoms with Gasteiger partial charge in [0.2, 0.25) is 5.91 Å². The van der Waals surface area contributed by atoms with Gasteiger partial charge in [0.1, 0.15) is 6.61 Å². The number of ether oxygens (including phenoxy) is 1. The predicted molar refractivity (Wildman–Crippen MR) is 116 cm³/mol. The molecule has 2 aliphatic rings. The molecule has 11 nitrogen and oxygen atoms in total. The highest BCUT2D eigenvalue weighted by Gasteiger charge is 2.40. The molecule has 168 valence electrons. The number of nitro groups is 1. The van der Waals surface area contributed by atoms with Gasteiger partial charge < -0.3 is 15.4 Å². The van der Waals surface area contributed by atoms with E-state index in [1.54, 1.807) is 4.90 Å². The van der Waals surface area contributed by atoms with Gasteiger partial charge in [0, 0.05) is 37.0 Å². The summed E-state index contributed by atoms with van der Waals surface area (Å²) in [6.45, 7) is 1.36. The van der Waals surface area contributed by atoms with Crippen molar-refractivity contribution in [3.05, 3.63) is 39.9 Å². The van der Waals surface area contributed by atoms with Gasteiger partial charge in [0.15, 0.2) is 5.96 Å². The summed E-state index contributed by atoms with van der Waals surface area (Å²) in [5.74, 6) is -0.467. The summed E-state index contributed by atoms with van der Waals surface area (Å²) >= 11 is 4.46. The Morgan fingerprint density at radius 3 is 2.58 bits per heavy atom. The Labute approximate surface area is 185 Å². The van der Waals surface area contributed by atoms with Crippen molar-refractivity contribution in [3.63, 3.8) is 0 Å². The predicted octanol–water partition coefficient (Wildman–Crippen LogP) is 1.03. The molecule has 3 N–H and O–H groups in total. The third kappa shape index (κ3) is 5.25. The molecule has 0 bridgehead atoms. The van der Waals surface area contributed by atoms with Gasteiger partial charge in [-0.15, -0.1) is 0 Å². The minimum Gasteiger partial charge on any atom is -0.444 e. The molecular formula is C19H26N6O5S. The second kappa shape index (κ2) is 9.52. The summed E-state index contributed by atoms with van der Waals surface area (Å²) < 4.78 is 5.27. The quantitative estimate of drug-likeness (QED) is 0.200. The van der Waals surface area contributed by atoms with E-state index < -0.39 is 23.0 Å². The van der Waals surface area contributed by atoms with Crippen molar-refractivity contribution < 1.29 is 19.2 Å². The fraction of sp³-hybridized carbons (Fsp3) is 0.526. The highest BCUT2D eigenvalue weighted by Crippen LogP contribution is 2.25. The number of hydrogen-bond donors (Lipinski definition) is 3. The lowest BCUT2D eigenvalue weighted by atomic mass is 10.2. The van der Waals surface area contributed by atoms with E-state index in [0.29, 0.717) is 24.9 Å². The van der Waals surface area contributed by atoms with Crippen molar-refractivity contribution >= 4 is 36.3 Å². The molecule has 0 spiro atoms. The van der Waals surface area contributed by atoms with Crippen molar-refractivity contribution in [1.82, 2.24) is 14.7 Å². The molecule has 0 aromatic heterocycles. The number of hydrogen-bond acceptors (Lipinski definition) is 8. The summed E-state index contributed by atoms with van der Waals surface area (Å²) in [4.78, 5) is 40.4. The zero-order valence-corrected chi connectivity index (χ0v) is 18.0. The van der Waals surface area contributed by atoms with Crippen LogP contribution < -0.4 is 5.73 Å². The van der Waals surface area contributed by atoms with Gasteiger partial charge >= 0.3 is 6.09 Å². The molecule has 31 heavy (non-hydrogen) atoms. The maximum absolute atomic E-state index is 12.9. The summed E-state index contributed by atoms with van der Waals surface area (Å²) in [6, 6.07) is 4.94. The summed E-state index contributed by atoms with van der Waals surface area (Å²) in [7, 11) is 1.89. The van der Waals surface area contributed by atoms with Crippen LogP contribution in [0.25, 0.3) is 0 Å². The van der Waals surface area contributed by atoms with Crippen LogP contribution >= 0.6 is 12.6 Å². The number of non-ortho nitro benzene ring substituents is 1. The zero-order chi connectivity index (χ0) is 22.7. The van der Waals surface area contributed by atoms with Crippen LogP contribution in [0.4, 0.5) is 10.5 Å². The number of benzene rings is 1. The molecule has 3 atom stereocenters. The molecule has 1 aromatic rings. The van der Waals surface area contributed by atoms with Crippen LogP contribution in [0, 0.1) is 15.5 Å². The molecule has 2 aliphatic heterocycles. The maximum atomic E-state index is 12.9. The number of likely N-dealkylation sites (N-methyl/N-ethyl adjacent to an activating group) is 1. The molecule has 12 heteroatoms. The molecule has 3 rings (SSSR count). The number of thiol groups is 1. The molecule has 2 amide bonds. The van der Waals surface area contributed by atoms with Crippen LogP contribution in [-0.2, 0) is 16.1 Å². The fourth-order valence-electron chi connectivity index (χ4n) is 4.00. The Hall–Kier alpha value is -2.86. The zero-order valence-electron chi connectivity index (χ0n) is 17.1. The number of nitrogens with one attached hydrogen (secondary N) is 1. The van der Waals surface area contributed by atoms with Crippen molar-refractivity contribution in [2.24, 2.45) is 5.73 Å². The first-order valence-corrected chi connectivity index (χ1v) is 10.4. The minimum absolute atomic E-state index is 0.00991. The van der Waals surface area contributed by atoms with E-state index in [1.807, 2.05) is 11.9 Å². The highest BCUT2D eigenvalue weighted by atomic mass is 32.1. The SMILES string of the molecule is CN1C[C@@H](S)C[C@H]1C(=O)N1CC[C@H](N(C(=N)N)C(=O)OCc2ccc([N+](=O)[O-])cc2)C1. The van der Waals surface area contributed by atoms with Crippen molar-refractivity contribution in [2.75, 3.05) is 26.7 Å². The first-order chi connectivity index (χ1) is 14.7. The molecule has 2 heterocycles. The number of nitrogens with two attached hydrogens (primary N) is 1. The summed E-state index contributed by atoms with van der Waals surface area (Å²) in [5.41, 5.74) is 6.14. The summed E-state index contributed by atoms with van der Waals surface area (Å²) in [6.07, 6.45) is 0.366. The number of carbonyl (C=O) groups excluding carboxylic acids is 2. The van der Waals surface area contributed by atoms with Crippen LogP contribution in [0.15, 0.2) is 24.3 Å². The lowest BCUT2D eigenvalue weighted by molar-refractivity contribution is -0.384. The molecule has 0 radical (unpaired) electrons. The number of guanidine groups is 1. The van der Waals surface area contributed by atoms with E-state index in [9.17, 15) is 19.7 Å². The average Bonchev–Trinajstić information content (AvgIpc) is 3.32. The Bertz CT molecular complexity index is 866. The number of amides is 2. The Balaban J connectivity index is 1.58. The second-order valence-corrected chi connectivity index (χ2v) is 8.54. The molecule has 0 saturated carbocycles. The molecule has 0 unspecified atom stereocenters. The lowest BCUT2D eigenvalue weighted by Gasteiger charge is -2.28. The van der Waals surface area contributed by atoms with Gasteiger partial charge in [-0.05, 0) is 37.6 Å². The second-order valence-electron chi connectivity index (χ2n) is 7.81. The number of rotatable bonds is 5.